The van der Waals surface area contributed by atoms with Crippen molar-refractivity contribution in [1.82, 2.24) is 0 Å². The molecule has 1 rings (SSSR count). The molecule has 0 aromatic rings. The van der Waals surface area contributed by atoms with Crippen molar-refractivity contribution in [2.45, 2.75) is 44.3 Å². The van der Waals surface area contributed by atoms with Crippen LogP contribution in [0.15, 0.2) is 0 Å². The lowest BCUT2D eigenvalue weighted by Gasteiger charge is -2.12. The first kappa shape index (κ1) is 9.84. The highest BCUT2D eigenvalue weighted by Crippen LogP contribution is 2.34. The SMILES string of the molecule is NC(CCC(F)(F)F)CC1CC1. The zero-order valence-electron chi connectivity index (χ0n) is 6.90. The number of hydrogen-bond acceptors (Lipinski definition) is 1. The monoisotopic (exact) mass is 181 g/mol. The third kappa shape index (κ3) is 4.59. The van der Waals surface area contributed by atoms with Crippen molar-refractivity contribution in [3.8, 4) is 0 Å². The minimum absolute atomic E-state index is 0.0833. The number of rotatable bonds is 4. The Hall–Kier alpha value is -0.250. The van der Waals surface area contributed by atoms with E-state index in [-0.39, 0.29) is 12.5 Å². The predicted octanol–water partition coefficient (Wildman–Crippen LogP) is 2.46. The minimum atomic E-state index is -4.04. The van der Waals surface area contributed by atoms with E-state index in [1.807, 2.05) is 0 Å². The molecule has 0 aromatic carbocycles. The maximum atomic E-state index is 11.7. The van der Waals surface area contributed by atoms with Gasteiger partial charge in [-0.2, -0.15) is 13.2 Å². The first-order chi connectivity index (χ1) is 5.47. The highest BCUT2D eigenvalue weighted by atomic mass is 19.4. The normalized spacial score (nSPS) is 21.0. The molecule has 0 heterocycles. The molecule has 0 saturated heterocycles. The Morgan fingerprint density at radius 1 is 1.33 bits per heavy atom. The summed E-state index contributed by atoms with van der Waals surface area (Å²) in [6.45, 7) is 0. The van der Waals surface area contributed by atoms with Crippen LogP contribution < -0.4 is 5.73 Å². The van der Waals surface area contributed by atoms with Crippen LogP contribution >= 0.6 is 0 Å². The number of hydrogen-bond donors (Lipinski definition) is 1. The molecule has 12 heavy (non-hydrogen) atoms. The Kier molecular flexibility index (Phi) is 2.99. The summed E-state index contributed by atoms with van der Waals surface area (Å²) < 4.78 is 35.1. The van der Waals surface area contributed by atoms with Crippen LogP contribution in [0.5, 0.6) is 0 Å². The van der Waals surface area contributed by atoms with Crippen molar-refractivity contribution in [2.75, 3.05) is 0 Å². The van der Waals surface area contributed by atoms with Gasteiger partial charge in [-0.3, -0.25) is 0 Å². The number of alkyl halides is 3. The van der Waals surface area contributed by atoms with Crippen molar-refractivity contribution in [3.05, 3.63) is 0 Å². The lowest BCUT2D eigenvalue weighted by atomic mass is 10.1. The molecule has 1 nitrogen and oxygen atoms in total. The van der Waals surface area contributed by atoms with Crippen molar-refractivity contribution >= 4 is 0 Å². The van der Waals surface area contributed by atoms with Crippen LogP contribution in [0.2, 0.25) is 0 Å². The Morgan fingerprint density at radius 2 is 1.92 bits per heavy atom. The van der Waals surface area contributed by atoms with Crippen molar-refractivity contribution in [2.24, 2.45) is 11.7 Å². The van der Waals surface area contributed by atoms with Crippen LogP contribution in [0.1, 0.15) is 32.1 Å². The van der Waals surface area contributed by atoms with E-state index >= 15 is 0 Å². The molecule has 1 aliphatic rings. The van der Waals surface area contributed by atoms with Crippen molar-refractivity contribution in [3.63, 3.8) is 0 Å². The Morgan fingerprint density at radius 3 is 2.33 bits per heavy atom. The van der Waals surface area contributed by atoms with E-state index in [4.69, 9.17) is 5.73 Å². The van der Waals surface area contributed by atoms with Crippen LogP contribution in [0.25, 0.3) is 0 Å². The van der Waals surface area contributed by atoms with Gasteiger partial charge in [0, 0.05) is 12.5 Å². The summed E-state index contributed by atoms with van der Waals surface area (Å²) >= 11 is 0. The highest BCUT2D eigenvalue weighted by molar-refractivity contribution is 4.78. The van der Waals surface area contributed by atoms with Gasteiger partial charge in [0.15, 0.2) is 0 Å². The van der Waals surface area contributed by atoms with Gasteiger partial charge in [-0.25, -0.2) is 0 Å². The molecule has 1 atom stereocenters. The van der Waals surface area contributed by atoms with Gasteiger partial charge in [-0.15, -0.1) is 0 Å². The largest absolute Gasteiger partial charge is 0.389 e. The third-order valence-corrected chi connectivity index (χ3v) is 2.13. The van der Waals surface area contributed by atoms with E-state index in [1.54, 1.807) is 0 Å². The molecule has 2 N–H and O–H groups in total. The molecule has 0 aliphatic heterocycles. The summed E-state index contributed by atoms with van der Waals surface area (Å²) in [5, 5.41) is 0. The fourth-order valence-corrected chi connectivity index (χ4v) is 1.25. The molecule has 4 heteroatoms. The van der Waals surface area contributed by atoms with Gasteiger partial charge in [-0.1, -0.05) is 12.8 Å². The second-order valence-electron chi connectivity index (χ2n) is 3.59. The molecule has 0 spiro atoms. The quantitative estimate of drug-likeness (QED) is 0.708. The van der Waals surface area contributed by atoms with Crippen molar-refractivity contribution < 1.29 is 13.2 Å². The molecule has 1 saturated carbocycles. The summed E-state index contributed by atoms with van der Waals surface area (Å²) in [6, 6.07) is -0.251. The van der Waals surface area contributed by atoms with Gasteiger partial charge in [0.2, 0.25) is 0 Å². The zero-order chi connectivity index (χ0) is 9.19. The van der Waals surface area contributed by atoms with Gasteiger partial charge < -0.3 is 5.73 Å². The Balaban J connectivity index is 2.04. The molecule has 0 radical (unpaired) electrons. The van der Waals surface area contributed by atoms with E-state index in [1.165, 1.54) is 0 Å². The average molecular weight is 181 g/mol. The minimum Gasteiger partial charge on any atom is -0.328 e. The van der Waals surface area contributed by atoms with Gasteiger partial charge >= 0.3 is 6.18 Å². The molecule has 1 fully saturated rings. The lowest BCUT2D eigenvalue weighted by molar-refractivity contribution is -0.136. The van der Waals surface area contributed by atoms with Crippen LogP contribution in [0, 0.1) is 5.92 Å². The van der Waals surface area contributed by atoms with E-state index in [9.17, 15) is 13.2 Å². The van der Waals surface area contributed by atoms with Gasteiger partial charge in [0.25, 0.3) is 0 Å². The fraction of sp³-hybridized carbons (Fsp3) is 1.00. The van der Waals surface area contributed by atoms with Crippen LogP contribution in [0.3, 0.4) is 0 Å². The Labute approximate surface area is 70.1 Å². The second kappa shape index (κ2) is 3.64. The first-order valence-corrected chi connectivity index (χ1v) is 4.30. The van der Waals surface area contributed by atoms with Crippen LogP contribution in [0.4, 0.5) is 13.2 Å². The molecule has 0 aromatic heterocycles. The number of nitrogens with two attached hydrogens (primary N) is 1. The van der Waals surface area contributed by atoms with Gasteiger partial charge in [0.05, 0.1) is 0 Å². The summed E-state index contributed by atoms with van der Waals surface area (Å²) in [4.78, 5) is 0. The van der Waals surface area contributed by atoms with E-state index in [0.29, 0.717) is 5.92 Å². The van der Waals surface area contributed by atoms with Crippen LogP contribution in [-0.2, 0) is 0 Å². The van der Waals surface area contributed by atoms with Gasteiger partial charge in [-0.05, 0) is 18.8 Å². The molecule has 1 unspecified atom stereocenters. The maximum Gasteiger partial charge on any atom is 0.389 e. The third-order valence-electron chi connectivity index (χ3n) is 2.13. The topological polar surface area (TPSA) is 26.0 Å². The second-order valence-corrected chi connectivity index (χ2v) is 3.59. The molecule has 1 aliphatic carbocycles. The molecular formula is C8H14F3N. The number of halogens is 3. The average Bonchev–Trinajstić information content (AvgIpc) is 2.66. The fourth-order valence-electron chi connectivity index (χ4n) is 1.25. The molecule has 72 valence electrons. The summed E-state index contributed by atoms with van der Waals surface area (Å²) in [7, 11) is 0. The first-order valence-electron chi connectivity index (χ1n) is 4.30. The summed E-state index contributed by atoms with van der Waals surface area (Å²) in [5.74, 6) is 0.619. The molecular weight excluding hydrogens is 167 g/mol. The Bertz CT molecular complexity index is 140. The van der Waals surface area contributed by atoms with E-state index in [2.05, 4.69) is 0 Å². The van der Waals surface area contributed by atoms with E-state index in [0.717, 1.165) is 19.3 Å². The summed E-state index contributed by atoms with van der Waals surface area (Å²) in [6.07, 6.45) is -1.61. The summed E-state index contributed by atoms with van der Waals surface area (Å²) in [5.41, 5.74) is 5.52. The van der Waals surface area contributed by atoms with E-state index < -0.39 is 12.6 Å². The van der Waals surface area contributed by atoms with Crippen LogP contribution in [-0.4, -0.2) is 12.2 Å². The van der Waals surface area contributed by atoms with Crippen molar-refractivity contribution in [1.29, 1.82) is 0 Å². The molecule has 0 amide bonds. The lowest BCUT2D eigenvalue weighted by Crippen LogP contribution is -2.23. The maximum absolute atomic E-state index is 11.7. The smallest absolute Gasteiger partial charge is 0.328 e. The molecule has 0 bridgehead atoms. The zero-order valence-corrected chi connectivity index (χ0v) is 6.90. The van der Waals surface area contributed by atoms with Gasteiger partial charge in [0.1, 0.15) is 0 Å². The predicted molar refractivity (Wildman–Crippen MR) is 40.6 cm³/mol. The highest BCUT2D eigenvalue weighted by Gasteiger charge is 2.29. The standard InChI is InChI=1S/C8H14F3N/c9-8(10,11)4-3-7(12)5-6-1-2-6/h6-7H,1-5,12H2.